The molecule has 1 aromatic heterocycles. The molecular weight excluding hydrogens is 236 g/mol. The Hall–Kier alpha value is -0.940. The molecule has 94 valence electrons. The highest BCUT2D eigenvalue weighted by molar-refractivity contribution is 7.91. The number of hydrogen-bond donors (Lipinski definition) is 1. The first-order valence-corrected chi connectivity index (χ1v) is 7.71. The average molecular weight is 254 g/mol. The SMILES string of the molecule is NCCC1(c2cccnc2)CCCS(=O)(=O)C1. The molecular formula is C12H18N2O2S. The van der Waals surface area contributed by atoms with E-state index in [1.165, 1.54) is 0 Å². The van der Waals surface area contributed by atoms with Crippen molar-refractivity contribution < 1.29 is 8.42 Å². The van der Waals surface area contributed by atoms with Crippen molar-refractivity contribution in [1.82, 2.24) is 4.98 Å². The first-order chi connectivity index (χ1) is 8.08. The molecule has 0 bridgehead atoms. The minimum atomic E-state index is -2.94. The van der Waals surface area contributed by atoms with E-state index in [1.807, 2.05) is 12.1 Å². The monoisotopic (exact) mass is 254 g/mol. The zero-order valence-corrected chi connectivity index (χ0v) is 10.6. The molecule has 0 saturated carbocycles. The van der Waals surface area contributed by atoms with Gasteiger partial charge in [0, 0.05) is 17.8 Å². The highest BCUT2D eigenvalue weighted by atomic mass is 32.2. The minimum absolute atomic E-state index is 0.211. The number of nitrogens with zero attached hydrogens (tertiary/aromatic N) is 1. The van der Waals surface area contributed by atoms with Crippen LogP contribution in [0.15, 0.2) is 24.5 Å². The Labute approximate surface area is 102 Å². The van der Waals surface area contributed by atoms with E-state index in [9.17, 15) is 8.42 Å². The van der Waals surface area contributed by atoms with Gasteiger partial charge >= 0.3 is 0 Å². The molecule has 5 heteroatoms. The summed E-state index contributed by atoms with van der Waals surface area (Å²) in [7, 11) is -2.94. The molecule has 0 spiro atoms. The van der Waals surface area contributed by atoms with Crippen molar-refractivity contribution in [3.8, 4) is 0 Å². The van der Waals surface area contributed by atoms with E-state index in [2.05, 4.69) is 4.98 Å². The van der Waals surface area contributed by atoms with Gasteiger partial charge in [-0.05, 0) is 37.4 Å². The molecule has 1 fully saturated rings. The lowest BCUT2D eigenvalue weighted by atomic mass is 9.76. The van der Waals surface area contributed by atoms with Gasteiger partial charge in [0.1, 0.15) is 0 Å². The Morgan fingerprint density at radius 2 is 2.29 bits per heavy atom. The van der Waals surface area contributed by atoms with Crippen LogP contribution in [0.5, 0.6) is 0 Å². The molecule has 17 heavy (non-hydrogen) atoms. The number of rotatable bonds is 3. The summed E-state index contributed by atoms with van der Waals surface area (Å²) >= 11 is 0. The zero-order valence-electron chi connectivity index (χ0n) is 9.80. The van der Waals surface area contributed by atoms with Crippen LogP contribution in [0.25, 0.3) is 0 Å². The van der Waals surface area contributed by atoms with Gasteiger partial charge in [-0.25, -0.2) is 8.42 Å². The molecule has 1 aromatic rings. The van der Waals surface area contributed by atoms with Gasteiger partial charge in [0.15, 0.2) is 9.84 Å². The van der Waals surface area contributed by atoms with Crippen LogP contribution in [0.4, 0.5) is 0 Å². The Morgan fingerprint density at radius 3 is 2.88 bits per heavy atom. The summed E-state index contributed by atoms with van der Waals surface area (Å²) in [6.07, 6.45) is 5.79. The first-order valence-electron chi connectivity index (χ1n) is 5.89. The van der Waals surface area contributed by atoms with Gasteiger partial charge in [-0.1, -0.05) is 6.07 Å². The molecule has 2 rings (SSSR count). The van der Waals surface area contributed by atoms with Crippen LogP contribution in [0.3, 0.4) is 0 Å². The smallest absolute Gasteiger partial charge is 0.151 e. The number of pyridine rings is 1. The number of aromatic nitrogens is 1. The van der Waals surface area contributed by atoms with Gasteiger partial charge in [0.2, 0.25) is 0 Å². The minimum Gasteiger partial charge on any atom is -0.330 e. The molecule has 1 aliphatic rings. The molecule has 2 N–H and O–H groups in total. The highest BCUT2D eigenvalue weighted by Gasteiger charge is 2.39. The maximum atomic E-state index is 11.9. The third kappa shape index (κ3) is 2.66. The summed E-state index contributed by atoms with van der Waals surface area (Å²) in [5.74, 6) is 0.516. The van der Waals surface area contributed by atoms with Crippen molar-refractivity contribution in [2.45, 2.75) is 24.7 Å². The van der Waals surface area contributed by atoms with Gasteiger partial charge in [0.05, 0.1) is 11.5 Å². The maximum absolute atomic E-state index is 11.9. The summed E-state index contributed by atoms with van der Waals surface area (Å²) in [5, 5.41) is 0. The van der Waals surface area contributed by atoms with Crippen LogP contribution < -0.4 is 5.73 Å². The van der Waals surface area contributed by atoms with Crippen LogP contribution in [0, 0.1) is 0 Å². The number of nitrogens with two attached hydrogens (primary N) is 1. The van der Waals surface area contributed by atoms with Crippen molar-refractivity contribution in [3.05, 3.63) is 30.1 Å². The van der Waals surface area contributed by atoms with Crippen LogP contribution in [-0.2, 0) is 15.3 Å². The maximum Gasteiger partial charge on any atom is 0.151 e. The van der Waals surface area contributed by atoms with E-state index >= 15 is 0 Å². The van der Waals surface area contributed by atoms with Gasteiger partial charge in [-0.3, -0.25) is 4.98 Å². The molecule has 0 radical (unpaired) electrons. The third-order valence-corrected chi connectivity index (χ3v) is 5.41. The molecule has 4 nitrogen and oxygen atoms in total. The van der Waals surface area contributed by atoms with Crippen molar-refractivity contribution in [2.24, 2.45) is 5.73 Å². The Balaban J connectivity index is 2.39. The highest BCUT2D eigenvalue weighted by Crippen LogP contribution is 2.37. The Morgan fingerprint density at radius 1 is 1.47 bits per heavy atom. The molecule has 0 aliphatic carbocycles. The standard InChI is InChI=1S/C12H18N2O2S/c13-6-5-12(11-3-1-7-14-9-11)4-2-8-17(15,16)10-12/h1,3,7,9H,2,4-6,8,10,13H2. The van der Waals surface area contributed by atoms with Crippen LogP contribution in [0.1, 0.15) is 24.8 Å². The summed E-state index contributed by atoms with van der Waals surface area (Å²) in [6, 6.07) is 3.82. The van der Waals surface area contributed by atoms with Crippen LogP contribution in [-0.4, -0.2) is 31.5 Å². The van der Waals surface area contributed by atoms with Crippen molar-refractivity contribution in [3.63, 3.8) is 0 Å². The van der Waals surface area contributed by atoms with E-state index in [0.29, 0.717) is 18.7 Å². The molecule has 2 heterocycles. The van der Waals surface area contributed by atoms with E-state index in [1.54, 1.807) is 12.4 Å². The van der Waals surface area contributed by atoms with Gasteiger partial charge in [-0.15, -0.1) is 0 Å². The quantitative estimate of drug-likeness (QED) is 0.869. The topological polar surface area (TPSA) is 73.0 Å². The molecule has 1 unspecified atom stereocenters. The van der Waals surface area contributed by atoms with Crippen molar-refractivity contribution in [1.29, 1.82) is 0 Å². The largest absolute Gasteiger partial charge is 0.330 e. The fourth-order valence-electron chi connectivity index (χ4n) is 2.72. The first kappa shape index (κ1) is 12.5. The van der Waals surface area contributed by atoms with Crippen molar-refractivity contribution in [2.75, 3.05) is 18.1 Å². The van der Waals surface area contributed by atoms with Crippen LogP contribution >= 0.6 is 0 Å². The third-order valence-electron chi connectivity index (χ3n) is 3.50. The van der Waals surface area contributed by atoms with Gasteiger partial charge in [-0.2, -0.15) is 0 Å². The molecule has 1 aliphatic heterocycles. The van der Waals surface area contributed by atoms with E-state index in [0.717, 1.165) is 18.4 Å². The molecule has 1 saturated heterocycles. The van der Waals surface area contributed by atoms with E-state index < -0.39 is 9.84 Å². The Kier molecular flexibility index (Phi) is 3.49. The second-order valence-corrected chi connectivity index (χ2v) is 6.94. The average Bonchev–Trinajstić information content (AvgIpc) is 2.29. The summed E-state index contributed by atoms with van der Waals surface area (Å²) in [5.41, 5.74) is 6.34. The normalized spacial score (nSPS) is 27.8. The van der Waals surface area contributed by atoms with Crippen LogP contribution in [0.2, 0.25) is 0 Å². The second-order valence-electron chi connectivity index (χ2n) is 4.76. The molecule has 0 amide bonds. The summed E-state index contributed by atoms with van der Waals surface area (Å²) in [6.45, 7) is 0.504. The number of sulfone groups is 1. The van der Waals surface area contributed by atoms with Gasteiger partial charge < -0.3 is 5.73 Å². The summed E-state index contributed by atoms with van der Waals surface area (Å²) in [4.78, 5) is 4.10. The fourth-order valence-corrected chi connectivity index (χ4v) is 4.74. The Bertz CT molecular complexity index is 469. The predicted octanol–water partition coefficient (Wildman–Crippen LogP) is 0.877. The summed E-state index contributed by atoms with van der Waals surface area (Å²) < 4.78 is 23.7. The predicted molar refractivity (Wildman–Crippen MR) is 67.5 cm³/mol. The molecule has 1 atom stereocenters. The lowest BCUT2D eigenvalue weighted by Gasteiger charge is -2.37. The van der Waals surface area contributed by atoms with Crippen molar-refractivity contribution >= 4 is 9.84 Å². The number of hydrogen-bond acceptors (Lipinski definition) is 4. The fraction of sp³-hybridized carbons (Fsp3) is 0.583. The second kappa shape index (κ2) is 4.74. The zero-order chi connectivity index (χ0) is 12.4. The lowest BCUT2D eigenvalue weighted by molar-refractivity contribution is 0.385. The lowest BCUT2D eigenvalue weighted by Crippen LogP contribution is -2.41. The van der Waals surface area contributed by atoms with E-state index in [-0.39, 0.29) is 11.2 Å². The van der Waals surface area contributed by atoms with Gasteiger partial charge in [0.25, 0.3) is 0 Å². The molecule has 0 aromatic carbocycles. The van der Waals surface area contributed by atoms with E-state index in [4.69, 9.17) is 5.73 Å².